The van der Waals surface area contributed by atoms with E-state index in [4.69, 9.17) is 15.3 Å². The summed E-state index contributed by atoms with van der Waals surface area (Å²) < 4.78 is 60.7. The third-order valence-electron chi connectivity index (χ3n) is 5.90. The predicted molar refractivity (Wildman–Crippen MR) is 144 cm³/mol. The molecule has 2 aromatic rings. The van der Waals surface area contributed by atoms with Crippen LogP contribution < -0.4 is 9.88 Å². The first-order valence-corrected chi connectivity index (χ1v) is 12.4. The van der Waals surface area contributed by atoms with E-state index in [2.05, 4.69) is 31.8 Å². The topological polar surface area (TPSA) is 96.4 Å². The first kappa shape index (κ1) is 30.5. The normalized spacial score (nSPS) is 15.0. The molecule has 5 nitrogen and oxygen atoms in total. The Hall–Kier alpha value is -2.76. The molecule has 2 aromatic carbocycles. The highest BCUT2D eigenvalue weighted by atomic mass is 32.2. The number of carbonyl (C=O) groups is 1. The number of allylic oxidation sites excluding steroid dienone is 2. The number of hydrogen-bond donors (Lipinski definition) is 4. The Labute approximate surface area is 222 Å². The maximum absolute atomic E-state index is 14.0. The lowest BCUT2D eigenvalue weighted by Crippen LogP contribution is -2.15. The van der Waals surface area contributed by atoms with Crippen molar-refractivity contribution in [2.75, 3.05) is 7.11 Å². The van der Waals surface area contributed by atoms with Crippen molar-refractivity contribution in [1.82, 2.24) is 0 Å². The van der Waals surface area contributed by atoms with Gasteiger partial charge in [0.15, 0.2) is 0 Å². The van der Waals surface area contributed by atoms with Gasteiger partial charge in [0.2, 0.25) is 0 Å². The Kier molecular flexibility index (Phi) is 10.4. The molecule has 0 atom stereocenters. The second-order valence-corrected chi connectivity index (χ2v) is 9.90. The van der Waals surface area contributed by atoms with Gasteiger partial charge in [-0.15, -0.1) is 12.8 Å². The first-order chi connectivity index (χ1) is 17.3. The molecule has 0 radical (unpaired) electrons. The lowest BCUT2D eigenvalue weighted by atomic mass is 9.77. The number of carboxylic acids is 1. The largest absolute Gasteiger partial charge is 0.496 e. The van der Waals surface area contributed by atoms with E-state index >= 15 is 0 Å². The quantitative estimate of drug-likeness (QED) is 0.127. The smallest absolute Gasteiger partial charge is 0.417 e. The highest BCUT2D eigenvalue weighted by Crippen LogP contribution is 2.41. The van der Waals surface area contributed by atoms with Gasteiger partial charge in [-0.1, -0.05) is 43.8 Å². The highest BCUT2D eigenvalue weighted by molar-refractivity contribution is 8.16. The molecule has 0 aromatic heterocycles. The van der Waals surface area contributed by atoms with E-state index in [1.165, 1.54) is 24.7 Å². The zero-order valence-electron chi connectivity index (χ0n) is 20.4. The lowest BCUT2D eigenvalue weighted by Gasteiger charge is -2.29. The molecule has 11 heteroatoms. The number of methoxy groups -OCH3 is 1. The van der Waals surface area contributed by atoms with Gasteiger partial charge < -0.3 is 9.84 Å². The van der Waals surface area contributed by atoms with Crippen LogP contribution in [0.4, 0.5) is 17.6 Å². The SMILES string of the molecule is COc1cc(C(=O)O)c(F)cc1/C=C/SC(=N)c1ccc(C2=CCC(C)(C)CC2)cc1C(F)(F)F.NS. The number of nitrogens with one attached hydrogen (secondary N) is 1. The monoisotopic (exact) mass is 556 g/mol. The molecule has 200 valence electrons. The number of thioether (sulfide) groups is 1. The minimum Gasteiger partial charge on any atom is -0.496 e. The van der Waals surface area contributed by atoms with E-state index in [9.17, 15) is 22.4 Å². The summed E-state index contributed by atoms with van der Waals surface area (Å²) in [5.74, 6) is -2.35. The van der Waals surface area contributed by atoms with Crippen LogP contribution in [0.1, 0.15) is 65.7 Å². The van der Waals surface area contributed by atoms with Gasteiger partial charge >= 0.3 is 12.1 Å². The van der Waals surface area contributed by atoms with Crippen molar-refractivity contribution in [3.8, 4) is 5.75 Å². The standard InChI is InChI=1S/C26H25F4NO3S.H3NS/c1-25(2)9-6-15(7-10-25)16-4-5-18(20(12-16)26(28,29)30)23(31)35-11-8-17-13-21(27)19(24(32)33)14-22(17)34-3;1-2/h4-6,8,11-14,31H,7,9-10H2,1-3H3,(H,32,33);2H,1H2/b11-8+,31-23?;. The van der Waals surface area contributed by atoms with Crippen LogP contribution in [0.25, 0.3) is 11.6 Å². The van der Waals surface area contributed by atoms with Crippen LogP contribution in [0.5, 0.6) is 5.75 Å². The Morgan fingerprint density at radius 1 is 1.22 bits per heavy atom. The van der Waals surface area contributed by atoms with Crippen LogP contribution in [0, 0.1) is 16.6 Å². The molecule has 0 saturated heterocycles. The van der Waals surface area contributed by atoms with Gasteiger partial charge in [0.25, 0.3) is 0 Å². The fourth-order valence-electron chi connectivity index (χ4n) is 3.79. The van der Waals surface area contributed by atoms with Crippen LogP contribution in [0.3, 0.4) is 0 Å². The van der Waals surface area contributed by atoms with Gasteiger partial charge in [-0.05, 0) is 65.5 Å². The number of nitrogens with two attached hydrogens (primary N) is 1. The van der Waals surface area contributed by atoms with Crippen molar-refractivity contribution in [1.29, 1.82) is 5.41 Å². The van der Waals surface area contributed by atoms with Gasteiger partial charge in [-0.3, -0.25) is 10.5 Å². The Morgan fingerprint density at radius 3 is 2.43 bits per heavy atom. The van der Waals surface area contributed by atoms with E-state index in [0.717, 1.165) is 48.4 Å². The van der Waals surface area contributed by atoms with Gasteiger partial charge in [0, 0.05) is 11.1 Å². The molecule has 0 unspecified atom stereocenters. The first-order valence-electron chi connectivity index (χ1n) is 11.0. The zero-order chi connectivity index (χ0) is 28.0. The molecule has 0 bridgehead atoms. The van der Waals surface area contributed by atoms with Gasteiger partial charge in [0.05, 0.1) is 23.3 Å². The molecule has 0 amide bonds. The molecular formula is C26H28F4N2O3S2. The zero-order valence-corrected chi connectivity index (χ0v) is 22.2. The van der Waals surface area contributed by atoms with Crippen molar-refractivity contribution in [2.24, 2.45) is 10.6 Å². The van der Waals surface area contributed by atoms with Crippen molar-refractivity contribution >= 4 is 47.2 Å². The summed E-state index contributed by atoms with van der Waals surface area (Å²) in [6, 6.07) is 5.99. The Morgan fingerprint density at radius 2 is 1.89 bits per heavy atom. The summed E-state index contributed by atoms with van der Waals surface area (Å²) in [6.45, 7) is 4.25. The molecule has 0 fully saturated rings. The molecule has 1 aliphatic carbocycles. The summed E-state index contributed by atoms with van der Waals surface area (Å²) >= 11 is 3.75. The van der Waals surface area contributed by atoms with Crippen LogP contribution in [-0.2, 0) is 6.18 Å². The number of hydrogen-bond acceptors (Lipinski definition) is 6. The van der Waals surface area contributed by atoms with Crippen LogP contribution in [0.15, 0.2) is 41.8 Å². The Bertz CT molecular complexity index is 1230. The minimum absolute atomic E-state index is 0.0800. The summed E-state index contributed by atoms with van der Waals surface area (Å²) in [5.41, 5.74) is -0.0167. The molecule has 1 aliphatic rings. The third-order valence-corrected chi connectivity index (χ3v) is 6.62. The average Bonchev–Trinajstić information content (AvgIpc) is 2.84. The molecule has 3 rings (SSSR count). The fourth-order valence-corrected chi connectivity index (χ4v) is 4.45. The van der Waals surface area contributed by atoms with Crippen molar-refractivity contribution in [2.45, 2.75) is 39.3 Å². The summed E-state index contributed by atoms with van der Waals surface area (Å²) in [5, 5.41) is 22.5. The summed E-state index contributed by atoms with van der Waals surface area (Å²) in [7, 11) is 1.28. The number of benzene rings is 2. The number of carboxylic acid groups (broad SMARTS) is 1. The van der Waals surface area contributed by atoms with Crippen LogP contribution >= 0.6 is 24.6 Å². The average molecular weight is 557 g/mol. The number of aromatic carboxylic acids is 1. The molecule has 0 heterocycles. The van der Waals surface area contributed by atoms with E-state index in [-0.39, 0.29) is 27.3 Å². The van der Waals surface area contributed by atoms with E-state index in [1.54, 1.807) is 6.07 Å². The molecule has 4 N–H and O–H groups in total. The number of halogens is 4. The number of rotatable bonds is 6. The van der Waals surface area contributed by atoms with Crippen molar-refractivity contribution in [3.63, 3.8) is 0 Å². The van der Waals surface area contributed by atoms with Crippen molar-refractivity contribution in [3.05, 3.63) is 75.5 Å². The van der Waals surface area contributed by atoms with Gasteiger partial charge in [-0.2, -0.15) is 13.2 Å². The van der Waals surface area contributed by atoms with E-state index in [0.29, 0.717) is 12.0 Å². The van der Waals surface area contributed by atoms with Crippen molar-refractivity contribution < 1.29 is 32.2 Å². The predicted octanol–water partition coefficient (Wildman–Crippen LogP) is 7.66. The molecule has 0 spiro atoms. The third kappa shape index (κ3) is 7.86. The number of alkyl halides is 3. The summed E-state index contributed by atoms with van der Waals surface area (Å²) in [4.78, 5) is 11.1. The fraction of sp³-hybridized carbons (Fsp3) is 0.308. The van der Waals surface area contributed by atoms with Crippen LogP contribution in [-0.4, -0.2) is 23.2 Å². The Balaban J connectivity index is 0.00000235. The lowest BCUT2D eigenvalue weighted by molar-refractivity contribution is -0.137. The summed E-state index contributed by atoms with van der Waals surface area (Å²) in [6.07, 6.45) is 1.06. The molecule has 0 saturated carbocycles. The van der Waals surface area contributed by atoms with E-state index in [1.807, 2.05) is 6.08 Å². The number of ether oxygens (including phenoxy) is 1. The second kappa shape index (κ2) is 12.7. The highest BCUT2D eigenvalue weighted by Gasteiger charge is 2.35. The molecule has 0 aliphatic heterocycles. The van der Waals surface area contributed by atoms with Crippen LogP contribution in [0.2, 0.25) is 0 Å². The minimum atomic E-state index is -4.64. The maximum Gasteiger partial charge on any atom is 0.417 e. The molecule has 37 heavy (non-hydrogen) atoms. The maximum atomic E-state index is 14.0. The van der Waals surface area contributed by atoms with Gasteiger partial charge in [-0.25, -0.2) is 9.18 Å². The second-order valence-electron chi connectivity index (χ2n) is 8.98. The van der Waals surface area contributed by atoms with Gasteiger partial charge in [0.1, 0.15) is 11.6 Å². The number of thiol groups is 1. The molecular weight excluding hydrogens is 528 g/mol. The van der Waals surface area contributed by atoms with E-state index < -0.39 is 29.1 Å².